The lowest BCUT2D eigenvalue weighted by atomic mass is 10.1. The predicted molar refractivity (Wildman–Crippen MR) is 137 cm³/mol. The molecule has 2 aromatic heterocycles. The van der Waals surface area contributed by atoms with E-state index >= 15 is 0 Å². The Kier molecular flexibility index (Phi) is 6.26. The average Bonchev–Trinajstić information content (AvgIpc) is 2.84. The molecule has 4 aromatic rings. The van der Waals surface area contributed by atoms with E-state index in [2.05, 4.69) is 49.8 Å². The molecule has 1 fully saturated rings. The molecule has 7 heteroatoms. The van der Waals surface area contributed by atoms with Crippen molar-refractivity contribution >= 4 is 45.6 Å². The van der Waals surface area contributed by atoms with Crippen molar-refractivity contribution in [1.29, 1.82) is 0 Å². The van der Waals surface area contributed by atoms with Crippen molar-refractivity contribution in [3.63, 3.8) is 0 Å². The van der Waals surface area contributed by atoms with Gasteiger partial charge in [0.1, 0.15) is 5.82 Å². The lowest BCUT2D eigenvalue weighted by molar-refractivity contribution is 0.568. The van der Waals surface area contributed by atoms with Crippen LogP contribution in [0.25, 0.3) is 10.9 Å². The van der Waals surface area contributed by atoms with Crippen molar-refractivity contribution in [2.24, 2.45) is 0 Å². The van der Waals surface area contributed by atoms with E-state index in [1.807, 2.05) is 37.3 Å². The third kappa shape index (κ3) is 5.17. The first kappa shape index (κ1) is 21.5. The van der Waals surface area contributed by atoms with Gasteiger partial charge in [-0.25, -0.2) is 4.98 Å². The topological polar surface area (TPSA) is 66.0 Å². The maximum atomic E-state index is 6.10. The molecule has 0 saturated carbocycles. The number of piperidine rings is 1. The van der Waals surface area contributed by atoms with Crippen LogP contribution in [0, 0.1) is 6.92 Å². The van der Waals surface area contributed by atoms with E-state index in [4.69, 9.17) is 16.6 Å². The summed E-state index contributed by atoms with van der Waals surface area (Å²) in [7, 11) is 0. The van der Waals surface area contributed by atoms with Gasteiger partial charge in [-0.3, -0.25) is 4.98 Å². The lowest BCUT2D eigenvalue weighted by Crippen LogP contribution is -2.31. The van der Waals surface area contributed by atoms with E-state index in [1.54, 1.807) is 6.20 Å². The number of nitrogens with zero attached hydrogens (tertiary/aromatic N) is 4. The summed E-state index contributed by atoms with van der Waals surface area (Å²) in [5, 5.41) is 8.67. The molecular weight excluding hydrogens is 432 g/mol. The van der Waals surface area contributed by atoms with Gasteiger partial charge in [0.2, 0.25) is 5.95 Å². The second-order valence-corrected chi connectivity index (χ2v) is 8.87. The van der Waals surface area contributed by atoms with Gasteiger partial charge in [0, 0.05) is 59.4 Å². The highest BCUT2D eigenvalue weighted by atomic mass is 35.5. The first-order valence-corrected chi connectivity index (χ1v) is 11.8. The summed E-state index contributed by atoms with van der Waals surface area (Å²) < 4.78 is 0. The van der Waals surface area contributed by atoms with Gasteiger partial charge in [-0.15, -0.1) is 0 Å². The van der Waals surface area contributed by atoms with Gasteiger partial charge in [-0.05, 0) is 68.1 Å². The van der Waals surface area contributed by atoms with Crippen LogP contribution in [0.4, 0.5) is 23.1 Å². The average molecular weight is 459 g/mol. The second kappa shape index (κ2) is 9.63. The number of nitrogens with one attached hydrogen (secondary N) is 2. The normalized spacial score (nSPS) is 13.8. The number of benzene rings is 2. The quantitative estimate of drug-likeness (QED) is 0.352. The number of aryl methyl sites for hydroxylation is 1. The minimum absolute atomic E-state index is 0.686. The molecule has 2 N–H and O–H groups in total. The van der Waals surface area contributed by atoms with Crippen molar-refractivity contribution in [1.82, 2.24) is 15.0 Å². The Morgan fingerprint density at radius 2 is 1.76 bits per heavy atom. The summed E-state index contributed by atoms with van der Waals surface area (Å²) in [6, 6.07) is 18.2. The molecule has 2 aromatic carbocycles. The largest absolute Gasteiger partial charge is 0.366 e. The Morgan fingerprint density at radius 1 is 0.939 bits per heavy atom. The van der Waals surface area contributed by atoms with Gasteiger partial charge in [-0.1, -0.05) is 23.7 Å². The number of pyridine rings is 1. The Morgan fingerprint density at radius 3 is 2.58 bits per heavy atom. The van der Waals surface area contributed by atoms with Crippen LogP contribution >= 0.6 is 11.6 Å². The Balaban J connectivity index is 1.25. The molecule has 5 rings (SSSR count). The van der Waals surface area contributed by atoms with Crippen LogP contribution in [0.5, 0.6) is 0 Å². The Labute approximate surface area is 199 Å². The van der Waals surface area contributed by atoms with Crippen molar-refractivity contribution in [3.8, 4) is 0 Å². The van der Waals surface area contributed by atoms with E-state index < -0.39 is 0 Å². The monoisotopic (exact) mass is 458 g/mol. The van der Waals surface area contributed by atoms with Crippen LogP contribution < -0.4 is 15.5 Å². The fourth-order valence-corrected chi connectivity index (χ4v) is 4.33. The molecule has 0 spiro atoms. The van der Waals surface area contributed by atoms with Crippen LogP contribution in [0.1, 0.15) is 30.5 Å². The number of halogens is 1. The van der Waals surface area contributed by atoms with E-state index in [-0.39, 0.29) is 0 Å². The molecule has 0 radical (unpaired) electrons. The van der Waals surface area contributed by atoms with Gasteiger partial charge in [-0.2, -0.15) is 4.98 Å². The molecule has 0 bridgehead atoms. The Bertz CT molecular complexity index is 1250. The zero-order chi connectivity index (χ0) is 22.6. The number of fused-ring (bicyclic) bond motifs is 1. The fraction of sp³-hybridized carbons (Fsp3) is 0.269. The molecule has 1 aliphatic heterocycles. The summed E-state index contributed by atoms with van der Waals surface area (Å²) in [4.78, 5) is 16.1. The highest BCUT2D eigenvalue weighted by molar-refractivity contribution is 6.31. The number of rotatable bonds is 6. The molecule has 0 unspecified atom stereocenters. The summed E-state index contributed by atoms with van der Waals surface area (Å²) in [6.45, 7) is 4.80. The van der Waals surface area contributed by atoms with Crippen LogP contribution in [0.15, 0.2) is 60.8 Å². The van der Waals surface area contributed by atoms with Gasteiger partial charge in [0.25, 0.3) is 0 Å². The molecule has 0 atom stereocenters. The third-order valence-corrected chi connectivity index (χ3v) is 6.13. The maximum absolute atomic E-state index is 6.10. The van der Waals surface area contributed by atoms with Gasteiger partial charge in [0.15, 0.2) is 0 Å². The number of aromatic nitrogens is 3. The Hall–Kier alpha value is -3.38. The molecule has 33 heavy (non-hydrogen) atoms. The van der Waals surface area contributed by atoms with Crippen LogP contribution in [0.3, 0.4) is 0 Å². The molecule has 168 valence electrons. The van der Waals surface area contributed by atoms with Crippen molar-refractivity contribution in [2.45, 2.75) is 32.7 Å². The van der Waals surface area contributed by atoms with E-state index in [1.165, 1.54) is 24.8 Å². The van der Waals surface area contributed by atoms with Crippen molar-refractivity contribution < 1.29 is 0 Å². The molecular formula is C26H27ClN6. The first-order chi connectivity index (χ1) is 16.1. The molecule has 1 saturated heterocycles. The van der Waals surface area contributed by atoms with E-state index in [0.29, 0.717) is 11.6 Å². The highest BCUT2D eigenvalue weighted by Crippen LogP contribution is 2.27. The van der Waals surface area contributed by atoms with Crippen molar-refractivity contribution in [2.75, 3.05) is 28.6 Å². The van der Waals surface area contributed by atoms with Gasteiger partial charge < -0.3 is 15.5 Å². The fourth-order valence-electron chi connectivity index (χ4n) is 4.16. The van der Waals surface area contributed by atoms with E-state index in [9.17, 15) is 0 Å². The molecule has 0 amide bonds. The first-order valence-electron chi connectivity index (χ1n) is 11.4. The van der Waals surface area contributed by atoms with Gasteiger partial charge in [0.05, 0.1) is 5.52 Å². The van der Waals surface area contributed by atoms with Crippen LogP contribution in [-0.2, 0) is 6.54 Å². The number of hydrogen-bond donors (Lipinski definition) is 2. The zero-order valence-electron chi connectivity index (χ0n) is 18.7. The maximum Gasteiger partial charge on any atom is 0.227 e. The SMILES string of the molecule is Cc1cc(NCc2ccc(Nc3ccnc4cc(Cl)ccc34)cc2)nc(N2CCCCC2)n1. The molecule has 6 nitrogen and oxygen atoms in total. The highest BCUT2D eigenvalue weighted by Gasteiger charge is 2.14. The number of anilines is 4. The van der Waals surface area contributed by atoms with Crippen molar-refractivity contribution in [3.05, 3.63) is 77.1 Å². The lowest BCUT2D eigenvalue weighted by Gasteiger charge is -2.27. The minimum atomic E-state index is 0.686. The minimum Gasteiger partial charge on any atom is -0.366 e. The molecule has 1 aliphatic rings. The van der Waals surface area contributed by atoms with Crippen LogP contribution in [0.2, 0.25) is 5.02 Å². The smallest absolute Gasteiger partial charge is 0.227 e. The summed E-state index contributed by atoms with van der Waals surface area (Å²) in [6.07, 6.45) is 5.51. The van der Waals surface area contributed by atoms with Gasteiger partial charge >= 0.3 is 0 Å². The second-order valence-electron chi connectivity index (χ2n) is 8.44. The predicted octanol–water partition coefficient (Wildman–Crippen LogP) is 6.33. The number of hydrogen-bond acceptors (Lipinski definition) is 6. The standard InChI is InChI=1S/C26H27ClN6/c1-18-15-25(32-26(30-18)33-13-3-2-4-14-33)29-17-19-5-8-21(9-6-19)31-23-11-12-28-24-16-20(27)7-10-22(23)24/h5-12,15-16H,2-4,13-14,17H2,1H3,(H,28,31)(H,29,30,32). The van der Waals surface area contributed by atoms with E-state index in [0.717, 1.165) is 52.8 Å². The molecule has 0 aliphatic carbocycles. The summed E-state index contributed by atoms with van der Waals surface area (Å²) in [5.41, 5.74) is 5.06. The zero-order valence-corrected chi connectivity index (χ0v) is 19.4. The van der Waals surface area contributed by atoms with Crippen LogP contribution in [-0.4, -0.2) is 28.0 Å². The third-order valence-electron chi connectivity index (χ3n) is 5.89. The molecule has 3 heterocycles. The summed E-state index contributed by atoms with van der Waals surface area (Å²) in [5.74, 6) is 1.70. The summed E-state index contributed by atoms with van der Waals surface area (Å²) >= 11 is 6.10.